The summed E-state index contributed by atoms with van der Waals surface area (Å²) in [6.45, 7) is 0. The number of halogens is 4. The zero-order valence-electron chi connectivity index (χ0n) is 14.9. The van der Waals surface area contributed by atoms with Gasteiger partial charge in [0.1, 0.15) is 0 Å². The number of nitrogens with zero attached hydrogens (tertiary/aromatic N) is 2. The highest BCUT2D eigenvalue weighted by Gasteiger charge is 2.48. The molecule has 29 heavy (non-hydrogen) atoms. The van der Waals surface area contributed by atoms with Crippen molar-refractivity contribution in [3.05, 3.63) is 64.7 Å². The van der Waals surface area contributed by atoms with Crippen LogP contribution in [0.4, 0.5) is 18.9 Å². The fourth-order valence-electron chi connectivity index (χ4n) is 3.51. The van der Waals surface area contributed by atoms with E-state index in [1.165, 1.54) is 17.8 Å². The largest absolute Gasteiger partial charge is 0.416 e. The average molecular weight is 461 g/mol. The minimum Gasteiger partial charge on any atom is -0.313 e. The van der Waals surface area contributed by atoms with E-state index in [1.54, 1.807) is 4.90 Å². The Morgan fingerprint density at radius 2 is 1.86 bits per heavy atom. The first kappa shape index (κ1) is 20.6. The topological polar surface area (TPSA) is 49.7 Å². The van der Waals surface area contributed by atoms with Gasteiger partial charge in [0.15, 0.2) is 15.0 Å². The monoisotopic (exact) mass is 460 g/mol. The van der Waals surface area contributed by atoms with Gasteiger partial charge in [-0.05, 0) is 23.8 Å². The van der Waals surface area contributed by atoms with E-state index in [0.29, 0.717) is 10.9 Å². The van der Waals surface area contributed by atoms with Crippen LogP contribution in [0.25, 0.3) is 0 Å². The number of fused-ring (bicyclic) bond motifs is 1. The molecule has 2 heterocycles. The number of thioether (sulfide) groups is 1. The minimum atomic E-state index is -4.53. The number of rotatable bonds is 3. The summed E-state index contributed by atoms with van der Waals surface area (Å²) in [5, 5.41) is 0.607. The molecular weight excluding hydrogens is 445 g/mol. The van der Waals surface area contributed by atoms with Gasteiger partial charge >= 0.3 is 6.18 Å². The molecule has 0 spiro atoms. The average Bonchev–Trinajstić information content (AvgIpc) is 3.11. The number of hydrogen-bond acceptors (Lipinski definition) is 5. The second-order valence-corrected chi connectivity index (χ2v) is 10.4. The summed E-state index contributed by atoms with van der Waals surface area (Å²) in [6, 6.07) is 11.6. The van der Waals surface area contributed by atoms with Crippen molar-refractivity contribution in [2.24, 2.45) is 4.99 Å². The van der Waals surface area contributed by atoms with Crippen molar-refractivity contribution in [1.29, 1.82) is 0 Å². The van der Waals surface area contributed by atoms with Gasteiger partial charge in [-0.1, -0.05) is 53.7 Å². The van der Waals surface area contributed by atoms with Crippen molar-refractivity contribution in [1.82, 2.24) is 0 Å². The molecule has 4 rings (SSSR count). The van der Waals surface area contributed by atoms with Crippen LogP contribution in [-0.2, 0) is 21.8 Å². The Morgan fingerprint density at radius 1 is 1.14 bits per heavy atom. The van der Waals surface area contributed by atoms with Crippen LogP contribution in [0.1, 0.15) is 11.1 Å². The van der Waals surface area contributed by atoms with Crippen molar-refractivity contribution in [2.45, 2.75) is 24.0 Å². The van der Waals surface area contributed by atoms with Crippen LogP contribution in [-0.4, -0.2) is 37.2 Å². The lowest BCUT2D eigenvalue weighted by Crippen LogP contribution is -2.39. The summed E-state index contributed by atoms with van der Waals surface area (Å²) in [7, 11) is -3.31. The van der Waals surface area contributed by atoms with E-state index >= 15 is 0 Å². The van der Waals surface area contributed by atoms with E-state index in [1.807, 2.05) is 30.3 Å². The molecule has 2 aromatic carbocycles. The fraction of sp³-hybridized carbons (Fsp3) is 0.316. The number of alkyl halides is 3. The smallest absolute Gasteiger partial charge is 0.313 e. The first-order valence-electron chi connectivity index (χ1n) is 8.75. The first-order valence-corrected chi connectivity index (χ1v) is 11.9. The van der Waals surface area contributed by atoms with Crippen LogP contribution in [0.5, 0.6) is 0 Å². The second kappa shape index (κ2) is 7.52. The van der Waals surface area contributed by atoms with Gasteiger partial charge in [0.2, 0.25) is 0 Å². The van der Waals surface area contributed by atoms with E-state index in [4.69, 9.17) is 11.6 Å². The number of benzene rings is 2. The molecule has 0 N–H and O–H groups in total. The number of hydrogen-bond donors (Lipinski definition) is 0. The molecule has 0 aliphatic carbocycles. The highest BCUT2D eigenvalue weighted by molar-refractivity contribution is 8.13. The molecule has 0 amide bonds. The lowest BCUT2D eigenvalue weighted by atomic mass is 10.1. The van der Waals surface area contributed by atoms with Gasteiger partial charge in [-0.2, -0.15) is 13.2 Å². The molecule has 1 fully saturated rings. The lowest BCUT2D eigenvalue weighted by molar-refractivity contribution is -0.137. The van der Waals surface area contributed by atoms with Crippen LogP contribution in [0.2, 0.25) is 5.02 Å². The van der Waals surface area contributed by atoms with E-state index in [9.17, 15) is 21.6 Å². The number of amidine groups is 1. The van der Waals surface area contributed by atoms with Gasteiger partial charge < -0.3 is 4.90 Å². The molecule has 10 heteroatoms. The Morgan fingerprint density at radius 3 is 2.55 bits per heavy atom. The Balaban J connectivity index is 1.71. The molecule has 2 aliphatic rings. The van der Waals surface area contributed by atoms with Gasteiger partial charge in [-0.15, -0.1) is 0 Å². The van der Waals surface area contributed by atoms with Crippen molar-refractivity contribution in [3.63, 3.8) is 0 Å². The Kier molecular flexibility index (Phi) is 5.33. The maximum absolute atomic E-state index is 13.3. The van der Waals surface area contributed by atoms with Crippen molar-refractivity contribution in [2.75, 3.05) is 16.4 Å². The molecule has 0 saturated carbocycles. The molecule has 2 aliphatic heterocycles. The molecule has 0 radical (unpaired) electrons. The molecule has 0 bridgehead atoms. The number of anilines is 1. The van der Waals surface area contributed by atoms with Crippen molar-refractivity contribution in [3.8, 4) is 0 Å². The highest BCUT2D eigenvalue weighted by Crippen LogP contribution is 2.41. The van der Waals surface area contributed by atoms with Gasteiger partial charge in [-0.25, -0.2) is 8.42 Å². The van der Waals surface area contributed by atoms with Gasteiger partial charge in [-0.3, -0.25) is 4.99 Å². The first-order chi connectivity index (χ1) is 13.6. The molecule has 1 saturated heterocycles. The van der Waals surface area contributed by atoms with E-state index in [0.717, 1.165) is 17.7 Å². The SMILES string of the molecule is O=S1(=O)C[C@@H]2[C@@H](C1)N=C(SCc1ccccc1)N2c1cc(C(F)(F)F)ccc1Cl. The quantitative estimate of drug-likeness (QED) is 0.670. The predicted molar refractivity (Wildman–Crippen MR) is 110 cm³/mol. The van der Waals surface area contributed by atoms with E-state index < -0.39 is 33.7 Å². The van der Waals surface area contributed by atoms with Gasteiger partial charge in [0.05, 0.1) is 39.9 Å². The molecule has 2 aromatic rings. The summed E-state index contributed by atoms with van der Waals surface area (Å²) in [4.78, 5) is 6.11. The molecular formula is C19H16ClF3N2O2S2. The highest BCUT2D eigenvalue weighted by atomic mass is 35.5. The molecule has 0 aromatic heterocycles. The molecule has 154 valence electrons. The van der Waals surface area contributed by atoms with Crippen LogP contribution >= 0.6 is 23.4 Å². The Labute approximate surface area is 175 Å². The number of aliphatic imine (C=N–C) groups is 1. The predicted octanol–water partition coefficient (Wildman–Crippen LogP) is 4.63. The number of sulfone groups is 1. The van der Waals surface area contributed by atoms with Crippen LogP contribution in [0.3, 0.4) is 0 Å². The van der Waals surface area contributed by atoms with Gasteiger partial charge in [0.25, 0.3) is 0 Å². The standard InChI is InChI=1S/C19H16ClF3N2O2S2/c20-14-7-6-13(19(21,22)23)8-16(14)25-17-11-29(26,27)10-15(17)24-18(25)28-9-12-4-2-1-3-5-12/h1-8,15,17H,9-11H2/t15-,17-/m1/s1. The van der Waals surface area contributed by atoms with Crippen LogP contribution in [0, 0.1) is 0 Å². The zero-order chi connectivity index (χ0) is 20.8. The normalized spacial score (nSPS) is 23.2. The summed E-state index contributed by atoms with van der Waals surface area (Å²) in [5.74, 6) is 0.280. The van der Waals surface area contributed by atoms with Gasteiger partial charge in [0, 0.05) is 5.75 Å². The summed E-state index contributed by atoms with van der Waals surface area (Å²) in [6.07, 6.45) is -4.53. The third-order valence-corrected chi connectivity index (χ3v) is 7.91. The third-order valence-electron chi connectivity index (χ3n) is 4.85. The lowest BCUT2D eigenvalue weighted by Gasteiger charge is -2.28. The maximum Gasteiger partial charge on any atom is 0.416 e. The fourth-order valence-corrected chi connectivity index (χ4v) is 6.63. The van der Waals surface area contributed by atoms with Crippen LogP contribution < -0.4 is 4.90 Å². The van der Waals surface area contributed by atoms with Crippen molar-refractivity contribution >= 4 is 44.1 Å². The summed E-state index contributed by atoms with van der Waals surface area (Å²) < 4.78 is 64.0. The second-order valence-electron chi connectivity index (χ2n) is 6.93. The molecule has 4 nitrogen and oxygen atoms in total. The Bertz CT molecular complexity index is 1060. The summed E-state index contributed by atoms with van der Waals surface area (Å²) >= 11 is 7.61. The van der Waals surface area contributed by atoms with Crippen LogP contribution in [0.15, 0.2) is 53.5 Å². The minimum absolute atomic E-state index is 0.111. The maximum atomic E-state index is 13.3. The van der Waals surface area contributed by atoms with Crippen molar-refractivity contribution < 1.29 is 21.6 Å². The summed E-state index contributed by atoms with van der Waals surface area (Å²) in [5.41, 5.74) is 0.319. The zero-order valence-corrected chi connectivity index (χ0v) is 17.3. The van der Waals surface area contributed by atoms with E-state index in [2.05, 4.69) is 4.99 Å². The molecule has 0 unspecified atom stereocenters. The van der Waals surface area contributed by atoms with E-state index in [-0.39, 0.29) is 22.2 Å². The Hall–Kier alpha value is -1.71. The molecule has 2 atom stereocenters. The third kappa shape index (κ3) is 4.27.